The molecule has 2 heterocycles. The largest absolute Gasteiger partial charge is 0.461 e. The summed E-state index contributed by atoms with van der Waals surface area (Å²) >= 11 is 1.47. The third kappa shape index (κ3) is 8.85. The summed E-state index contributed by atoms with van der Waals surface area (Å²) in [6.45, 7) is 17.2. The molecule has 0 aromatic carbocycles. The molecule has 0 amide bonds. The van der Waals surface area contributed by atoms with Gasteiger partial charge in [-0.25, -0.2) is 9.78 Å². The molecular formula is C28H49N5O4SSi. The number of thiazole rings is 1. The van der Waals surface area contributed by atoms with Crippen molar-refractivity contribution in [3.05, 3.63) is 26.5 Å². The van der Waals surface area contributed by atoms with Crippen molar-refractivity contribution in [2.75, 3.05) is 6.61 Å². The first-order valence-electron chi connectivity index (χ1n) is 14.8. The van der Waals surface area contributed by atoms with Crippen molar-refractivity contribution in [2.24, 2.45) is 22.9 Å². The van der Waals surface area contributed by atoms with Gasteiger partial charge in [0.15, 0.2) is 19.8 Å². The molecule has 1 aromatic heterocycles. The standard InChI is InChI=1S/C28H49N5O4SSi/c1-9-18(7)20(15-21-25(30-21)26(34)24(32-33-29)19(8)10-2)16-23(37-39(12-4,13-5)14-6)27-31-22(17-38-27)28(35)36-11-3/h17-21,23-25,30H,9-16H2,1-8H3/t18?,19-,20+,21?,23+,24-,25?/m0/s1. The van der Waals surface area contributed by atoms with Crippen LogP contribution in [-0.4, -0.2) is 49.8 Å². The number of aromatic nitrogens is 1. The molecule has 7 atom stereocenters. The fraction of sp³-hybridized carbons (Fsp3) is 0.821. The molecule has 3 unspecified atom stereocenters. The minimum atomic E-state index is -1.97. The van der Waals surface area contributed by atoms with Gasteiger partial charge in [0, 0.05) is 16.3 Å². The maximum atomic E-state index is 13.2. The molecule has 1 fully saturated rings. The number of ketones is 1. The van der Waals surface area contributed by atoms with Crippen LogP contribution in [-0.2, 0) is 14.0 Å². The summed E-state index contributed by atoms with van der Waals surface area (Å²) in [6.07, 6.45) is 3.21. The minimum absolute atomic E-state index is 0.00349. The second-order valence-electron chi connectivity index (χ2n) is 10.9. The molecule has 1 aliphatic heterocycles. The van der Waals surface area contributed by atoms with E-state index in [1.807, 2.05) is 13.8 Å². The van der Waals surface area contributed by atoms with Gasteiger partial charge in [-0.15, -0.1) is 11.3 Å². The zero-order valence-corrected chi connectivity index (χ0v) is 26.9. The molecule has 1 N–H and O–H groups in total. The average molecular weight is 580 g/mol. The maximum Gasteiger partial charge on any atom is 0.357 e. The van der Waals surface area contributed by atoms with Gasteiger partial charge in [-0.2, -0.15) is 0 Å². The number of nitrogens with zero attached hydrogens (tertiary/aromatic N) is 4. The van der Waals surface area contributed by atoms with Crippen LogP contribution in [0.25, 0.3) is 10.4 Å². The van der Waals surface area contributed by atoms with Crippen LogP contribution in [0.3, 0.4) is 0 Å². The van der Waals surface area contributed by atoms with Gasteiger partial charge in [0.1, 0.15) is 11.0 Å². The van der Waals surface area contributed by atoms with Gasteiger partial charge >= 0.3 is 5.97 Å². The maximum absolute atomic E-state index is 13.2. The topological polar surface area (TPSA) is 136 Å². The van der Waals surface area contributed by atoms with E-state index in [0.29, 0.717) is 24.1 Å². The molecule has 39 heavy (non-hydrogen) atoms. The number of hydrogen-bond acceptors (Lipinski definition) is 8. The molecular weight excluding hydrogens is 530 g/mol. The van der Waals surface area contributed by atoms with Crippen molar-refractivity contribution in [1.82, 2.24) is 10.3 Å². The molecule has 0 spiro atoms. The predicted octanol–water partition coefficient (Wildman–Crippen LogP) is 7.46. The molecule has 1 aliphatic rings. The Morgan fingerprint density at radius 3 is 2.31 bits per heavy atom. The van der Waals surface area contributed by atoms with Crippen LogP contribution in [0.15, 0.2) is 10.5 Å². The van der Waals surface area contributed by atoms with Crippen LogP contribution in [0, 0.1) is 17.8 Å². The molecule has 0 aliphatic carbocycles. The Morgan fingerprint density at radius 2 is 1.77 bits per heavy atom. The summed E-state index contributed by atoms with van der Waals surface area (Å²) in [7, 11) is -1.97. The Balaban J connectivity index is 2.29. The Kier molecular flexibility index (Phi) is 13.6. The molecule has 0 saturated carbocycles. The first-order valence-corrected chi connectivity index (χ1v) is 18.2. The zero-order valence-electron chi connectivity index (χ0n) is 25.1. The average Bonchev–Trinajstić information content (AvgIpc) is 3.54. The first kappa shape index (κ1) is 33.4. The summed E-state index contributed by atoms with van der Waals surface area (Å²) in [5.41, 5.74) is 9.36. The van der Waals surface area contributed by atoms with Crippen LogP contribution < -0.4 is 5.32 Å². The van der Waals surface area contributed by atoms with Gasteiger partial charge in [0.05, 0.1) is 18.8 Å². The van der Waals surface area contributed by atoms with Crippen LogP contribution in [0.5, 0.6) is 0 Å². The SMILES string of the molecule is CCOC(=O)c1csc([C@@H](C[C@@H](CC2NC2C(=O)[C@@H](N=[N+]=[N-])[C@@H](C)CC)C(C)CC)O[Si](CC)(CC)CC)n1. The highest BCUT2D eigenvalue weighted by atomic mass is 32.1. The zero-order chi connectivity index (χ0) is 29.2. The van der Waals surface area contributed by atoms with E-state index in [2.05, 4.69) is 54.9 Å². The number of carbonyl (C=O) groups excluding carboxylic acids is 2. The highest BCUT2D eigenvalue weighted by Gasteiger charge is 2.47. The summed E-state index contributed by atoms with van der Waals surface area (Å²) < 4.78 is 12.2. The fourth-order valence-electron chi connectivity index (χ4n) is 5.30. The molecule has 220 valence electrons. The smallest absolute Gasteiger partial charge is 0.357 e. The van der Waals surface area contributed by atoms with E-state index in [0.717, 1.165) is 48.8 Å². The second-order valence-corrected chi connectivity index (χ2v) is 16.6. The van der Waals surface area contributed by atoms with E-state index in [4.69, 9.17) is 14.7 Å². The quantitative estimate of drug-likeness (QED) is 0.0451. The van der Waals surface area contributed by atoms with E-state index < -0.39 is 20.3 Å². The fourth-order valence-corrected chi connectivity index (χ4v) is 9.03. The summed E-state index contributed by atoms with van der Waals surface area (Å²) in [5, 5.41) is 9.83. The van der Waals surface area contributed by atoms with Crippen molar-refractivity contribution >= 4 is 31.4 Å². The van der Waals surface area contributed by atoms with Crippen LogP contribution in [0.1, 0.15) is 103 Å². The van der Waals surface area contributed by atoms with Crippen molar-refractivity contribution in [1.29, 1.82) is 0 Å². The van der Waals surface area contributed by atoms with Crippen LogP contribution in [0.4, 0.5) is 0 Å². The van der Waals surface area contributed by atoms with E-state index in [-0.39, 0.29) is 29.9 Å². The molecule has 11 heteroatoms. The normalized spacial score (nSPS) is 20.8. The number of hydrogen-bond donors (Lipinski definition) is 1. The third-order valence-corrected chi connectivity index (χ3v) is 14.4. The Morgan fingerprint density at radius 1 is 1.13 bits per heavy atom. The number of Topliss-reactive ketones (excluding diaryl/α,β-unsaturated/α-hetero) is 1. The van der Waals surface area contributed by atoms with Gasteiger partial charge in [-0.3, -0.25) is 4.79 Å². The van der Waals surface area contributed by atoms with Crippen LogP contribution in [0.2, 0.25) is 18.1 Å². The van der Waals surface area contributed by atoms with E-state index in [1.54, 1.807) is 12.3 Å². The number of nitrogens with one attached hydrogen (secondary N) is 1. The number of carbonyl (C=O) groups is 2. The lowest BCUT2D eigenvalue weighted by molar-refractivity contribution is -0.120. The van der Waals surface area contributed by atoms with Crippen molar-refractivity contribution in [3.8, 4) is 0 Å². The van der Waals surface area contributed by atoms with Gasteiger partial charge < -0.3 is 14.5 Å². The van der Waals surface area contributed by atoms with Crippen molar-refractivity contribution in [2.45, 2.75) is 123 Å². The lowest BCUT2D eigenvalue weighted by Gasteiger charge is -2.35. The lowest BCUT2D eigenvalue weighted by Crippen LogP contribution is -2.38. The Hall–Kier alpha value is -1.78. The van der Waals surface area contributed by atoms with Gasteiger partial charge in [0.2, 0.25) is 0 Å². The van der Waals surface area contributed by atoms with Gasteiger partial charge in [-0.05, 0) is 61.2 Å². The highest BCUT2D eigenvalue weighted by Crippen LogP contribution is 2.40. The van der Waals surface area contributed by atoms with Crippen LogP contribution >= 0.6 is 11.3 Å². The molecule has 9 nitrogen and oxygen atoms in total. The first-order chi connectivity index (χ1) is 18.6. The highest BCUT2D eigenvalue weighted by molar-refractivity contribution is 7.09. The molecule has 2 rings (SSSR count). The summed E-state index contributed by atoms with van der Waals surface area (Å²) in [6, 6.07) is 2.23. The molecule has 0 radical (unpaired) electrons. The van der Waals surface area contributed by atoms with Crippen molar-refractivity contribution in [3.63, 3.8) is 0 Å². The number of ether oxygens (including phenoxy) is 1. The van der Waals surface area contributed by atoms with Crippen molar-refractivity contribution < 1.29 is 18.8 Å². The Labute approximate surface area is 239 Å². The van der Waals surface area contributed by atoms with E-state index in [9.17, 15) is 9.59 Å². The summed E-state index contributed by atoms with van der Waals surface area (Å²) in [4.78, 5) is 33.2. The lowest BCUT2D eigenvalue weighted by atomic mass is 9.82. The van der Waals surface area contributed by atoms with E-state index in [1.165, 1.54) is 11.3 Å². The van der Waals surface area contributed by atoms with E-state index >= 15 is 0 Å². The number of rotatable bonds is 19. The minimum Gasteiger partial charge on any atom is -0.461 e. The number of esters is 1. The monoisotopic (exact) mass is 579 g/mol. The van der Waals surface area contributed by atoms with Gasteiger partial charge in [-0.1, -0.05) is 66.4 Å². The molecule has 1 aromatic rings. The predicted molar refractivity (Wildman–Crippen MR) is 159 cm³/mol. The Bertz CT molecular complexity index is 973. The second kappa shape index (κ2) is 15.9. The third-order valence-electron chi connectivity index (χ3n) is 8.77. The summed E-state index contributed by atoms with van der Waals surface area (Å²) in [5.74, 6) is 0.317. The number of azide groups is 1. The molecule has 1 saturated heterocycles. The molecule has 0 bridgehead atoms. The van der Waals surface area contributed by atoms with Gasteiger partial charge in [0.25, 0.3) is 0 Å².